The summed E-state index contributed by atoms with van der Waals surface area (Å²) in [6.07, 6.45) is 24.9. The van der Waals surface area contributed by atoms with Gasteiger partial charge in [-0.2, -0.15) is 12.2 Å². The molecule has 0 aliphatic heterocycles. The van der Waals surface area contributed by atoms with E-state index in [0.29, 0.717) is 0 Å². The minimum absolute atomic E-state index is 0. The molecule has 22 heavy (non-hydrogen) atoms. The molecule has 0 amide bonds. The molecule has 0 N–H and O–H groups in total. The number of allylic oxidation sites excluding steroid dienone is 8. The fourth-order valence-corrected chi connectivity index (χ4v) is 1.99. The summed E-state index contributed by atoms with van der Waals surface area (Å²) < 4.78 is 3.34. The van der Waals surface area contributed by atoms with Crippen molar-refractivity contribution in [2.75, 3.05) is 0 Å². The molecule has 3 heteroatoms. The van der Waals surface area contributed by atoms with Gasteiger partial charge in [0, 0.05) is 0 Å². The van der Waals surface area contributed by atoms with Crippen LogP contribution < -0.4 is 24.8 Å². The summed E-state index contributed by atoms with van der Waals surface area (Å²) in [6, 6.07) is 0. The van der Waals surface area contributed by atoms with Crippen LogP contribution in [-0.4, -0.2) is 4.21 Å². The quantitative estimate of drug-likeness (QED) is 0.520. The summed E-state index contributed by atoms with van der Waals surface area (Å²) in [5, 5.41) is 0. The Balaban J connectivity index is -0.000000273. The van der Waals surface area contributed by atoms with E-state index in [4.69, 9.17) is 0 Å². The molecule has 0 spiro atoms. The minimum atomic E-state index is 0. The van der Waals surface area contributed by atoms with Crippen LogP contribution in [0.2, 0.25) is 0 Å². The fraction of sp³-hybridized carbons (Fsp3) is 0.526. The Bertz CT molecular complexity index is 320. The van der Waals surface area contributed by atoms with E-state index in [1.165, 1.54) is 73.9 Å². The van der Waals surface area contributed by atoms with E-state index in [-0.39, 0.29) is 24.8 Å². The standard InChI is InChI=1S/2C9H13.CH2.2ClH.Zr/c2*1-2-3-6-9-7-4-5-8-9;;;;/h2*7-8H,2-4,6H2,1H3;1H2;2*1H;/q2*-1;;;;+2/p-2. The number of unbranched alkanes of at least 4 members (excludes halogenated alkanes) is 2. The summed E-state index contributed by atoms with van der Waals surface area (Å²) >= 11 is 1.30. The normalized spacial score (nSPS) is 13.6. The van der Waals surface area contributed by atoms with Crippen LogP contribution in [0.25, 0.3) is 0 Å². The van der Waals surface area contributed by atoms with Gasteiger partial charge >= 0.3 is 28.4 Å². The Morgan fingerprint density at radius 2 is 1.23 bits per heavy atom. The average Bonchev–Trinajstić information content (AvgIpc) is 3.19. The van der Waals surface area contributed by atoms with Crippen LogP contribution in [0.1, 0.15) is 65.2 Å². The molecule has 0 saturated carbocycles. The smallest absolute Gasteiger partial charge is 1.00 e. The van der Waals surface area contributed by atoms with Crippen molar-refractivity contribution in [3.05, 3.63) is 47.6 Å². The van der Waals surface area contributed by atoms with Gasteiger partial charge < -0.3 is 24.8 Å². The molecular weight excluding hydrogens is 390 g/mol. The third-order valence-electron chi connectivity index (χ3n) is 3.18. The van der Waals surface area contributed by atoms with Crippen molar-refractivity contribution < 1.29 is 49.0 Å². The van der Waals surface area contributed by atoms with Crippen molar-refractivity contribution >= 4 is 4.21 Å². The molecule has 2 aliphatic carbocycles. The Morgan fingerprint density at radius 3 is 1.45 bits per heavy atom. The molecule has 0 aromatic carbocycles. The predicted octanol–water partition coefficient (Wildman–Crippen LogP) is -0.295. The number of rotatable bonds is 6. The number of halogens is 2. The van der Waals surface area contributed by atoms with Gasteiger partial charge in [0.25, 0.3) is 0 Å². The van der Waals surface area contributed by atoms with Gasteiger partial charge in [-0.15, -0.1) is 12.8 Å². The van der Waals surface area contributed by atoms with E-state index in [9.17, 15) is 0 Å². The van der Waals surface area contributed by atoms with Crippen LogP contribution in [0.15, 0.2) is 35.5 Å². The summed E-state index contributed by atoms with van der Waals surface area (Å²) in [5.74, 6) is 0. The Kier molecular flexibility index (Phi) is 26.3. The Hall–Kier alpha value is 0.293. The first-order valence-corrected chi connectivity index (χ1v) is 9.47. The van der Waals surface area contributed by atoms with E-state index in [2.05, 4.69) is 54.5 Å². The van der Waals surface area contributed by atoms with Crippen LogP contribution in [0.5, 0.6) is 0 Å². The van der Waals surface area contributed by atoms with Crippen molar-refractivity contribution in [3.8, 4) is 0 Å². The molecule has 0 aromatic heterocycles. The van der Waals surface area contributed by atoms with Crippen LogP contribution >= 0.6 is 0 Å². The monoisotopic (exact) mass is 416 g/mol. The maximum absolute atomic E-state index is 3.34. The predicted molar refractivity (Wildman–Crippen MR) is 87.2 cm³/mol. The van der Waals surface area contributed by atoms with Crippen molar-refractivity contribution in [1.29, 1.82) is 0 Å². The van der Waals surface area contributed by atoms with Gasteiger partial charge in [0.15, 0.2) is 0 Å². The van der Waals surface area contributed by atoms with E-state index in [0.717, 1.165) is 12.8 Å². The molecule has 0 radical (unpaired) electrons. The second kappa shape index (κ2) is 21.3. The van der Waals surface area contributed by atoms with Gasteiger partial charge in [-0.1, -0.05) is 52.4 Å². The molecule has 0 unspecified atom stereocenters. The first kappa shape index (κ1) is 27.2. The maximum Gasteiger partial charge on any atom is -1.00 e. The van der Waals surface area contributed by atoms with Crippen molar-refractivity contribution in [2.24, 2.45) is 0 Å². The van der Waals surface area contributed by atoms with E-state index < -0.39 is 0 Å². The maximum atomic E-state index is 3.34. The zero-order valence-corrected chi connectivity index (χ0v) is 17.9. The third-order valence-corrected chi connectivity index (χ3v) is 3.18. The zero-order chi connectivity index (χ0) is 15.1. The fourth-order valence-electron chi connectivity index (χ4n) is 1.99. The molecule has 0 fully saturated rings. The van der Waals surface area contributed by atoms with Gasteiger partial charge in [0.05, 0.1) is 0 Å². The molecule has 0 bridgehead atoms. The van der Waals surface area contributed by atoms with Gasteiger partial charge in [0.2, 0.25) is 0 Å². The molecule has 2 aliphatic rings. The first-order chi connectivity index (χ1) is 9.86. The molecule has 0 nitrogen and oxygen atoms in total. The SMILES string of the molecule is CCCCC1=CC[C-]=C1.CCCCC1=CC[C-]=C1.[CH2]=[Zr+2].[Cl-].[Cl-]. The summed E-state index contributed by atoms with van der Waals surface area (Å²) in [6.45, 7) is 4.45. The summed E-state index contributed by atoms with van der Waals surface area (Å²) in [4.78, 5) is 0. The largest absolute Gasteiger partial charge is 1.00 e. The molecule has 124 valence electrons. The zero-order valence-electron chi connectivity index (χ0n) is 13.9. The summed E-state index contributed by atoms with van der Waals surface area (Å²) in [5.41, 5.74) is 2.97. The van der Waals surface area contributed by atoms with Crippen molar-refractivity contribution in [1.82, 2.24) is 0 Å². The van der Waals surface area contributed by atoms with E-state index in [1.54, 1.807) is 0 Å². The van der Waals surface area contributed by atoms with Crippen LogP contribution in [0.3, 0.4) is 0 Å². The Labute approximate surface area is 165 Å². The van der Waals surface area contributed by atoms with Crippen LogP contribution in [0, 0.1) is 12.2 Å². The molecule has 0 saturated heterocycles. The van der Waals surface area contributed by atoms with Gasteiger partial charge in [0.1, 0.15) is 0 Å². The minimum Gasteiger partial charge on any atom is -1.00 e. The van der Waals surface area contributed by atoms with Gasteiger partial charge in [-0.05, 0) is 0 Å². The second-order valence-corrected chi connectivity index (χ2v) is 4.87. The Morgan fingerprint density at radius 1 is 0.864 bits per heavy atom. The van der Waals surface area contributed by atoms with Crippen molar-refractivity contribution in [2.45, 2.75) is 65.2 Å². The first-order valence-electron chi connectivity index (χ1n) is 7.73. The van der Waals surface area contributed by atoms with Gasteiger partial charge in [-0.25, -0.2) is 23.3 Å². The molecular formula is C19H28Cl2Zr-2. The van der Waals surface area contributed by atoms with Gasteiger partial charge in [-0.3, -0.25) is 12.2 Å². The summed E-state index contributed by atoms with van der Waals surface area (Å²) in [7, 11) is 0. The topological polar surface area (TPSA) is 0 Å². The second-order valence-electron chi connectivity index (χ2n) is 4.87. The van der Waals surface area contributed by atoms with E-state index in [1.807, 2.05) is 0 Å². The average molecular weight is 419 g/mol. The van der Waals surface area contributed by atoms with Crippen LogP contribution in [-0.2, 0) is 24.2 Å². The molecule has 0 atom stereocenters. The number of hydrogen-bond donors (Lipinski definition) is 0. The molecule has 2 rings (SSSR count). The molecule has 0 heterocycles. The van der Waals surface area contributed by atoms with Crippen molar-refractivity contribution in [3.63, 3.8) is 0 Å². The molecule has 0 aromatic rings. The van der Waals surface area contributed by atoms with E-state index >= 15 is 0 Å². The number of hydrogen-bond acceptors (Lipinski definition) is 0. The van der Waals surface area contributed by atoms with Crippen LogP contribution in [0.4, 0.5) is 0 Å². The third kappa shape index (κ3) is 15.2.